The van der Waals surface area contributed by atoms with E-state index in [9.17, 15) is 0 Å². The molecule has 90 valence electrons. The Bertz CT molecular complexity index is 170. The molecule has 0 heterocycles. The van der Waals surface area contributed by atoms with E-state index in [-0.39, 0.29) is 0 Å². The van der Waals surface area contributed by atoms with Gasteiger partial charge in [0.1, 0.15) is 0 Å². The Morgan fingerprint density at radius 3 is 2.53 bits per heavy atom. The molecule has 3 atom stereocenters. The van der Waals surface area contributed by atoms with Gasteiger partial charge >= 0.3 is 0 Å². The van der Waals surface area contributed by atoms with E-state index < -0.39 is 0 Å². The summed E-state index contributed by atoms with van der Waals surface area (Å²) in [4.78, 5) is 2.36. The first kappa shape index (κ1) is 13.0. The van der Waals surface area contributed by atoms with Crippen molar-refractivity contribution < 1.29 is 0 Å². The van der Waals surface area contributed by atoms with Gasteiger partial charge in [-0.2, -0.15) is 0 Å². The van der Waals surface area contributed by atoms with Gasteiger partial charge in [-0.1, -0.05) is 20.8 Å². The van der Waals surface area contributed by atoms with Crippen molar-refractivity contribution in [1.82, 2.24) is 10.2 Å². The second-order valence-corrected chi connectivity index (χ2v) is 5.31. The van der Waals surface area contributed by atoms with Gasteiger partial charge in [0.15, 0.2) is 0 Å². The van der Waals surface area contributed by atoms with E-state index in [0.717, 1.165) is 31.0 Å². The van der Waals surface area contributed by atoms with Crippen LogP contribution in [-0.2, 0) is 0 Å². The van der Waals surface area contributed by atoms with Gasteiger partial charge < -0.3 is 10.2 Å². The topological polar surface area (TPSA) is 15.3 Å². The van der Waals surface area contributed by atoms with E-state index in [4.69, 9.17) is 0 Å². The molecule has 1 fully saturated rings. The Morgan fingerprint density at radius 2 is 1.93 bits per heavy atom. The van der Waals surface area contributed by atoms with Crippen molar-refractivity contribution in [3.8, 4) is 0 Å². The van der Waals surface area contributed by atoms with E-state index in [1.54, 1.807) is 0 Å². The number of hydrogen-bond acceptors (Lipinski definition) is 2. The summed E-state index contributed by atoms with van der Waals surface area (Å²) in [7, 11) is 2.19. The molecule has 3 unspecified atom stereocenters. The number of hydrogen-bond donors (Lipinski definition) is 1. The third kappa shape index (κ3) is 4.52. The van der Waals surface area contributed by atoms with Gasteiger partial charge in [-0.05, 0) is 44.7 Å². The maximum Gasteiger partial charge on any atom is 0.0104 e. The molecule has 2 nitrogen and oxygen atoms in total. The zero-order valence-electron chi connectivity index (χ0n) is 10.9. The highest BCUT2D eigenvalue weighted by atomic mass is 15.1. The molecule has 0 amide bonds. The molecular weight excluding hydrogens is 184 g/mol. The van der Waals surface area contributed by atoms with Gasteiger partial charge in [0.2, 0.25) is 0 Å². The van der Waals surface area contributed by atoms with Crippen LogP contribution < -0.4 is 5.32 Å². The van der Waals surface area contributed by atoms with Crippen molar-refractivity contribution in [1.29, 1.82) is 0 Å². The van der Waals surface area contributed by atoms with Gasteiger partial charge in [-0.15, -0.1) is 0 Å². The first-order valence-electron chi connectivity index (χ1n) is 6.55. The van der Waals surface area contributed by atoms with Gasteiger partial charge in [0.25, 0.3) is 0 Å². The average molecular weight is 212 g/mol. The minimum Gasteiger partial charge on any atom is -0.313 e. The van der Waals surface area contributed by atoms with Crippen LogP contribution in [0.3, 0.4) is 0 Å². The fraction of sp³-hybridized carbons (Fsp3) is 1.00. The van der Waals surface area contributed by atoms with Crippen LogP contribution in [0, 0.1) is 11.8 Å². The summed E-state index contributed by atoms with van der Waals surface area (Å²) in [6.45, 7) is 10.5. The third-order valence-electron chi connectivity index (χ3n) is 4.06. The van der Waals surface area contributed by atoms with Crippen LogP contribution in [-0.4, -0.2) is 37.6 Å². The molecule has 0 aromatic rings. The van der Waals surface area contributed by atoms with E-state index in [0.29, 0.717) is 0 Å². The number of likely N-dealkylation sites (N-methyl/N-ethyl adjacent to an activating group) is 1. The average Bonchev–Trinajstić information content (AvgIpc) is 2.23. The zero-order chi connectivity index (χ0) is 11.3. The first-order valence-corrected chi connectivity index (χ1v) is 6.55. The maximum absolute atomic E-state index is 3.70. The Kier molecular flexibility index (Phi) is 5.62. The summed E-state index contributed by atoms with van der Waals surface area (Å²) in [5, 5.41) is 3.70. The summed E-state index contributed by atoms with van der Waals surface area (Å²) in [6.07, 6.45) is 4.15. The fourth-order valence-corrected chi connectivity index (χ4v) is 2.35. The third-order valence-corrected chi connectivity index (χ3v) is 4.06. The molecule has 1 saturated carbocycles. The molecule has 0 radical (unpaired) electrons. The summed E-state index contributed by atoms with van der Waals surface area (Å²) >= 11 is 0. The van der Waals surface area contributed by atoms with Crippen LogP contribution in [0.1, 0.15) is 40.0 Å². The molecule has 0 aromatic carbocycles. The van der Waals surface area contributed by atoms with E-state index in [2.05, 4.69) is 38.0 Å². The van der Waals surface area contributed by atoms with E-state index in [1.807, 2.05) is 0 Å². The lowest BCUT2D eigenvalue weighted by Crippen LogP contribution is -2.39. The summed E-state index contributed by atoms with van der Waals surface area (Å²) < 4.78 is 0. The lowest BCUT2D eigenvalue weighted by Gasteiger charge is -2.33. The number of nitrogens with one attached hydrogen (secondary N) is 1. The predicted octanol–water partition coefficient (Wildman–Crippen LogP) is 2.35. The molecular formula is C13H28N2. The Hall–Kier alpha value is -0.0800. The van der Waals surface area contributed by atoms with E-state index >= 15 is 0 Å². The standard InChI is InChI=1S/C13H28N2/c1-5-15(4)9-8-14-13-7-6-11(2)12(3)10-13/h11-14H,5-10H2,1-4H3. The Labute approximate surface area is 95.4 Å². The molecule has 0 bridgehead atoms. The minimum absolute atomic E-state index is 0.779. The monoisotopic (exact) mass is 212 g/mol. The van der Waals surface area contributed by atoms with E-state index in [1.165, 1.54) is 25.8 Å². The quantitative estimate of drug-likeness (QED) is 0.752. The van der Waals surface area contributed by atoms with Crippen molar-refractivity contribution in [2.45, 2.75) is 46.1 Å². The molecule has 0 spiro atoms. The smallest absolute Gasteiger partial charge is 0.0104 e. The molecule has 15 heavy (non-hydrogen) atoms. The van der Waals surface area contributed by atoms with Crippen molar-refractivity contribution >= 4 is 0 Å². The van der Waals surface area contributed by atoms with Crippen LogP contribution in [0.5, 0.6) is 0 Å². The summed E-state index contributed by atoms with van der Waals surface area (Å²) in [5.74, 6) is 1.83. The number of rotatable bonds is 5. The van der Waals surface area contributed by atoms with Gasteiger partial charge in [0, 0.05) is 19.1 Å². The van der Waals surface area contributed by atoms with Crippen molar-refractivity contribution in [3.63, 3.8) is 0 Å². The highest BCUT2D eigenvalue weighted by Gasteiger charge is 2.23. The van der Waals surface area contributed by atoms with Gasteiger partial charge in [-0.25, -0.2) is 0 Å². The fourth-order valence-electron chi connectivity index (χ4n) is 2.35. The predicted molar refractivity (Wildman–Crippen MR) is 67.1 cm³/mol. The lowest BCUT2D eigenvalue weighted by molar-refractivity contribution is 0.221. The first-order chi connectivity index (χ1) is 7.13. The SMILES string of the molecule is CCN(C)CCNC1CCC(C)C(C)C1. The molecule has 0 saturated heterocycles. The lowest BCUT2D eigenvalue weighted by atomic mass is 9.79. The molecule has 1 rings (SSSR count). The van der Waals surface area contributed by atoms with Crippen LogP contribution in [0.2, 0.25) is 0 Å². The molecule has 0 aromatic heterocycles. The normalized spacial score (nSPS) is 32.2. The molecule has 2 heteroatoms. The second-order valence-electron chi connectivity index (χ2n) is 5.31. The molecule has 1 N–H and O–H groups in total. The van der Waals surface area contributed by atoms with Crippen molar-refractivity contribution in [2.75, 3.05) is 26.7 Å². The Balaban J connectivity index is 2.12. The highest BCUT2D eigenvalue weighted by molar-refractivity contribution is 4.79. The van der Waals surface area contributed by atoms with Crippen LogP contribution in [0.25, 0.3) is 0 Å². The van der Waals surface area contributed by atoms with Crippen molar-refractivity contribution in [2.24, 2.45) is 11.8 Å². The molecule has 0 aliphatic heterocycles. The van der Waals surface area contributed by atoms with Gasteiger partial charge in [0.05, 0.1) is 0 Å². The van der Waals surface area contributed by atoms with Crippen molar-refractivity contribution in [3.05, 3.63) is 0 Å². The van der Waals surface area contributed by atoms with Crippen LogP contribution in [0.15, 0.2) is 0 Å². The van der Waals surface area contributed by atoms with Crippen LogP contribution in [0.4, 0.5) is 0 Å². The minimum atomic E-state index is 0.779. The van der Waals surface area contributed by atoms with Crippen LogP contribution >= 0.6 is 0 Å². The maximum atomic E-state index is 3.70. The van der Waals surface area contributed by atoms with Gasteiger partial charge in [-0.3, -0.25) is 0 Å². The molecule has 1 aliphatic rings. The zero-order valence-corrected chi connectivity index (χ0v) is 10.9. The number of nitrogens with zero attached hydrogens (tertiary/aromatic N) is 1. The highest BCUT2D eigenvalue weighted by Crippen LogP contribution is 2.29. The largest absolute Gasteiger partial charge is 0.313 e. The summed E-state index contributed by atoms with van der Waals surface area (Å²) in [5.41, 5.74) is 0. The molecule has 1 aliphatic carbocycles. The Morgan fingerprint density at radius 1 is 1.20 bits per heavy atom. The summed E-state index contributed by atoms with van der Waals surface area (Å²) in [6, 6.07) is 0.779. The second kappa shape index (κ2) is 6.49.